The average Bonchev–Trinajstić information content (AvgIpc) is 3.12. The molecule has 2 aliphatic heterocycles. The van der Waals surface area contributed by atoms with Crippen molar-refractivity contribution in [3.8, 4) is 0 Å². The maximum Gasteiger partial charge on any atom is 0.239 e. The Bertz CT molecular complexity index is 619. The number of nitrogens with two attached hydrogens (primary N) is 1. The van der Waals surface area contributed by atoms with Crippen molar-refractivity contribution in [1.82, 2.24) is 4.90 Å². The molecule has 2 fully saturated rings. The summed E-state index contributed by atoms with van der Waals surface area (Å²) in [6.07, 6.45) is 1.38. The van der Waals surface area contributed by atoms with Crippen molar-refractivity contribution < 1.29 is 14.0 Å². The van der Waals surface area contributed by atoms with Crippen LogP contribution in [0.3, 0.4) is 0 Å². The maximum atomic E-state index is 13.0. The summed E-state index contributed by atoms with van der Waals surface area (Å²) in [7, 11) is 0. The zero-order chi connectivity index (χ0) is 16.6. The molecule has 1 aromatic rings. The number of hydrogen-bond donors (Lipinski definition) is 1. The van der Waals surface area contributed by atoms with E-state index in [1.54, 1.807) is 21.9 Å². The smallest absolute Gasteiger partial charge is 0.239 e. The highest BCUT2D eigenvalue weighted by Gasteiger charge is 2.43. The number of anilines is 1. The normalized spacial score (nSPS) is 27.8. The van der Waals surface area contributed by atoms with Crippen LogP contribution in [0.1, 0.15) is 19.8 Å². The molecule has 2 heterocycles. The zero-order valence-corrected chi connectivity index (χ0v) is 13.3. The quantitative estimate of drug-likeness (QED) is 0.856. The molecule has 0 saturated carbocycles. The first kappa shape index (κ1) is 15.9. The number of carbonyl (C=O) groups is 2. The van der Waals surface area contributed by atoms with Crippen LogP contribution in [0, 0.1) is 17.2 Å². The number of amides is 2. The summed E-state index contributed by atoms with van der Waals surface area (Å²) in [6, 6.07) is 5.79. The van der Waals surface area contributed by atoms with Crippen molar-refractivity contribution in [2.24, 2.45) is 17.1 Å². The van der Waals surface area contributed by atoms with Gasteiger partial charge in [-0.25, -0.2) is 4.39 Å². The Morgan fingerprint density at radius 3 is 2.65 bits per heavy atom. The number of hydrogen-bond acceptors (Lipinski definition) is 3. The Morgan fingerprint density at radius 2 is 2.04 bits per heavy atom. The van der Waals surface area contributed by atoms with Crippen molar-refractivity contribution >= 4 is 17.5 Å². The van der Waals surface area contributed by atoms with Crippen LogP contribution in [0.15, 0.2) is 24.3 Å². The SMILES string of the molecule is CC1(CN)CCN(C(=O)C2CCN(c3ccc(F)cc3)C2=O)C1. The Labute approximate surface area is 135 Å². The molecule has 0 bridgehead atoms. The minimum absolute atomic E-state index is 0.0477. The minimum Gasteiger partial charge on any atom is -0.341 e. The first-order valence-corrected chi connectivity index (χ1v) is 7.99. The van der Waals surface area contributed by atoms with Crippen LogP contribution >= 0.6 is 0 Å². The van der Waals surface area contributed by atoms with Gasteiger partial charge in [0.15, 0.2) is 0 Å². The topological polar surface area (TPSA) is 66.6 Å². The second-order valence-electron chi connectivity index (χ2n) is 6.83. The van der Waals surface area contributed by atoms with Crippen molar-refractivity contribution in [1.29, 1.82) is 0 Å². The molecule has 0 radical (unpaired) electrons. The number of benzene rings is 1. The molecule has 0 aliphatic carbocycles. The van der Waals surface area contributed by atoms with Crippen molar-refractivity contribution in [2.75, 3.05) is 31.1 Å². The predicted molar refractivity (Wildman–Crippen MR) is 85.2 cm³/mol. The molecule has 23 heavy (non-hydrogen) atoms. The highest BCUT2D eigenvalue weighted by molar-refractivity contribution is 6.09. The van der Waals surface area contributed by atoms with E-state index in [-0.39, 0.29) is 23.0 Å². The molecule has 124 valence electrons. The van der Waals surface area contributed by atoms with Crippen LogP contribution in [0.2, 0.25) is 0 Å². The maximum absolute atomic E-state index is 13.0. The van der Waals surface area contributed by atoms with E-state index in [1.165, 1.54) is 12.1 Å². The molecule has 1 aromatic carbocycles. The van der Waals surface area contributed by atoms with E-state index < -0.39 is 5.92 Å². The molecule has 2 aliphatic rings. The average molecular weight is 319 g/mol. The van der Waals surface area contributed by atoms with Gasteiger partial charge in [-0.15, -0.1) is 0 Å². The molecule has 2 amide bonds. The van der Waals surface area contributed by atoms with E-state index >= 15 is 0 Å². The van der Waals surface area contributed by atoms with Crippen LogP contribution in [-0.4, -0.2) is 42.9 Å². The van der Waals surface area contributed by atoms with Crippen LogP contribution in [0.5, 0.6) is 0 Å². The summed E-state index contributed by atoms with van der Waals surface area (Å²) in [5.74, 6) is -1.26. The second-order valence-corrected chi connectivity index (χ2v) is 6.83. The molecular formula is C17H22FN3O2. The Kier molecular flexibility index (Phi) is 4.10. The third-order valence-electron chi connectivity index (χ3n) is 5.00. The van der Waals surface area contributed by atoms with Gasteiger partial charge in [-0.1, -0.05) is 6.92 Å². The van der Waals surface area contributed by atoms with Gasteiger partial charge < -0.3 is 15.5 Å². The fraction of sp³-hybridized carbons (Fsp3) is 0.529. The van der Waals surface area contributed by atoms with E-state index in [4.69, 9.17) is 5.73 Å². The van der Waals surface area contributed by atoms with Gasteiger partial charge in [0.1, 0.15) is 11.7 Å². The third-order valence-corrected chi connectivity index (χ3v) is 5.00. The van der Waals surface area contributed by atoms with E-state index in [1.807, 2.05) is 0 Å². The number of nitrogens with zero attached hydrogens (tertiary/aromatic N) is 2. The largest absolute Gasteiger partial charge is 0.341 e. The van der Waals surface area contributed by atoms with E-state index in [9.17, 15) is 14.0 Å². The van der Waals surface area contributed by atoms with Gasteiger partial charge in [-0.3, -0.25) is 9.59 Å². The summed E-state index contributed by atoms with van der Waals surface area (Å²) in [4.78, 5) is 28.6. The molecule has 2 saturated heterocycles. The van der Waals surface area contributed by atoms with Gasteiger partial charge >= 0.3 is 0 Å². The molecule has 0 spiro atoms. The molecule has 2 atom stereocenters. The molecule has 5 nitrogen and oxygen atoms in total. The monoisotopic (exact) mass is 319 g/mol. The highest BCUT2D eigenvalue weighted by Crippen LogP contribution is 2.32. The van der Waals surface area contributed by atoms with Crippen LogP contribution in [0.4, 0.5) is 10.1 Å². The third kappa shape index (κ3) is 2.95. The molecule has 2 N–H and O–H groups in total. The van der Waals surface area contributed by atoms with Crippen LogP contribution in [0.25, 0.3) is 0 Å². The van der Waals surface area contributed by atoms with Gasteiger partial charge in [0.05, 0.1) is 0 Å². The summed E-state index contributed by atoms with van der Waals surface area (Å²) in [5, 5.41) is 0. The van der Waals surface area contributed by atoms with Crippen molar-refractivity contribution in [2.45, 2.75) is 19.8 Å². The van der Waals surface area contributed by atoms with Gasteiger partial charge in [-0.05, 0) is 49.1 Å². The van der Waals surface area contributed by atoms with Crippen molar-refractivity contribution in [3.05, 3.63) is 30.1 Å². The van der Waals surface area contributed by atoms with Gasteiger partial charge in [0.2, 0.25) is 11.8 Å². The van der Waals surface area contributed by atoms with Gasteiger partial charge in [-0.2, -0.15) is 0 Å². The summed E-state index contributed by atoms with van der Waals surface area (Å²) in [5.41, 5.74) is 6.37. The first-order valence-electron chi connectivity index (χ1n) is 7.99. The minimum atomic E-state index is -0.625. The van der Waals surface area contributed by atoms with Crippen LogP contribution < -0.4 is 10.6 Å². The molecule has 0 aromatic heterocycles. The Balaban J connectivity index is 1.69. The number of carbonyl (C=O) groups excluding carboxylic acids is 2. The highest BCUT2D eigenvalue weighted by atomic mass is 19.1. The standard InChI is InChI=1S/C17H22FN3O2/c1-17(10-19)7-9-20(11-17)15(22)14-6-8-21(16(14)23)13-4-2-12(18)3-5-13/h2-5,14H,6-11,19H2,1H3. The van der Waals surface area contributed by atoms with E-state index in [0.717, 1.165) is 6.42 Å². The van der Waals surface area contributed by atoms with Gasteiger partial charge in [0.25, 0.3) is 0 Å². The number of likely N-dealkylation sites (tertiary alicyclic amines) is 1. The van der Waals surface area contributed by atoms with E-state index in [2.05, 4.69) is 6.92 Å². The Hall–Kier alpha value is -1.95. The summed E-state index contributed by atoms with van der Waals surface area (Å²) >= 11 is 0. The molecule has 3 rings (SSSR count). The number of rotatable bonds is 3. The lowest BCUT2D eigenvalue weighted by Gasteiger charge is -2.24. The molecule has 2 unspecified atom stereocenters. The summed E-state index contributed by atoms with van der Waals surface area (Å²) < 4.78 is 13.0. The van der Waals surface area contributed by atoms with Crippen molar-refractivity contribution in [3.63, 3.8) is 0 Å². The zero-order valence-electron chi connectivity index (χ0n) is 13.3. The molecule has 6 heteroatoms. The molecular weight excluding hydrogens is 297 g/mol. The fourth-order valence-corrected chi connectivity index (χ4v) is 3.39. The lowest BCUT2D eigenvalue weighted by Crippen LogP contribution is -2.40. The fourth-order valence-electron chi connectivity index (χ4n) is 3.39. The van der Waals surface area contributed by atoms with Crippen LogP contribution in [-0.2, 0) is 9.59 Å². The van der Waals surface area contributed by atoms with E-state index in [0.29, 0.717) is 38.3 Å². The van der Waals surface area contributed by atoms with Gasteiger partial charge in [0, 0.05) is 25.3 Å². The lowest BCUT2D eigenvalue weighted by atomic mass is 9.90. The first-order chi connectivity index (χ1) is 10.9. The predicted octanol–water partition coefficient (Wildman–Crippen LogP) is 1.38. The lowest BCUT2D eigenvalue weighted by molar-refractivity contribution is -0.139. The second kappa shape index (κ2) is 5.92. The Morgan fingerprint density at radius 1 is 1.35 bits per heavy atom. The summed E-state index contributed by atoms with van der Waals surface area (Å²) in [6.45, 7) is 4.37. The number of halogens is 1.